The minimum Gasteiger partial charge on any atom is -0.455 e. The smallest absolute Gasteiger partial charge is 0.140 e. The van der Waals surface area contributed by atoms with Gasteiger partial charge < -0.3 is 9.64 Å². The van der Waals surface area contributed by atoms with Gasteiger partial charge in [0.15, 0.2) is 0 Å². The summed E-state index contributed by atoms with van der Waals surface area (Å²) < 4.78 is 7.22. The standard InChI is InChI=1S/C55H37NO/c1-2-20-39(21-3-1)56(50-31-14-19-36-16-4-7-22-40(36)50)51-30-13-11-25-43(51)44-27-15-29-47-52(44)45-26-10-12-28-46(45)55(47)48-34-32-37-17-5-8-23-41(37)53(48)57-54-42-24-9-6-18-38(42)33-35-49(54)55/h2,4-35H,1,3H2. The molecule has 0 bridgehead atoms. The Hall–Kier alpha value is -7.16. The molecule has 2 heteroatoms. The molecule has 2 aliphatic carbocycles. The van der Waals surface area contributed by atoms with Gasteiger partial charge in [0.25, 0.3) is 0 Å². The molecule has 1 heterocycles. The molecule has 0 radical (unpaired) electrons. The maximum absolute atomic E-state index is 7.22. The number of rotatable bonds is 4. The molecule has 3 aliphatic rings. The first-order chi connectivity index (χ1) is 28.3. The largest absolute Gasteiger partial charge is 0.455 e. The molecule has 1 aliphatic heterocycles. The Morgan fingerprint density at radius 1 is 0.404 bits per heavy atom. The first-order valence-electron chi connectivity index (χ1n) is 20.0. The average molecular weight is 728 g/mol. The van der Waals surface area contributed by atoms with Crippen LogP contribution < -0.4 is 9.64 Å². The van der Waals surface area contributed by atoms with Gasteiger partial charge in [-0.3, -0.25) is 0 Å². The summed E-state index contributed by atoms with van der Waals surface area (Å²) in [6.07, 6.45) is 9.06. The van der Waals surface area contributed by atoms with E-state index in [9.17, 15) is 0 Å². The van der Waals surface area contributed by atoms with E-state index in [4.69, 9.17) is 4.74 Å². The lowest BCUT2D eigenvalue weighted by molar-refractivity contribution is 0.447. The van der Waals surface area contributed by atoms with E-state index in [1.54, 1.807) is 0 Å². The Balaban J connectivity index is 1.18. The van der Waals surface area contributed by atoms with E-state index in [2.05, 4.69) is 205 Å². The molecule has 0 unspecified atom stereocenters. The molecular weight excluding hydrogens is 691 g/mol. The van der Waals surface area contributed by atoms with Gasteiger partial charge in [-0.25, -0.2) is 0 Å². The monoisotopic (exact) mass is 727 g/mol. The topological polar surface area (TPSA) is 12.5 Å². The lowest BCUT2D eigenvalue weighted by Crippen LogP contribution is -2.32. The molecule has 9 aromatic carbocycles. The number of allylic oxidation sites excluding steroid dienone is 3. The van der Waals surface area contributed by atoms with Gasteiger partial charge in [-0.1, -0.05) is 182 Å². The Bertz CT molecular complexity index is 3090. The number of para-hydroxylation sites is 1. The zero-order valence-corrected chi connectivity index (χ0v) is 31.3. The number of nitrogens with zero attached hydrogens (tertiary/aromatic N) is 1. The molecule has 0 saturated carbocycles. The van der Waals surface area contributed by atoms with E-state index in [-0.39, 0.29) is 0 Å². The maximum Gasteiger partial charge on any atom is 0.140 e. The third-order valence-corrected chi connectivity index (χ3v) is 12.5. The number of hydrogen-bond donors (Lipinski definition) is 0. The minimum atomic E-state index is -0.613. The SMILES string of the molecule is C1=CC(N(c2ccccc2-c2cccc3c2-c2ccccc2C32c3ccc4ccccc4c3Oc3c2ccc2ccccc32)c2cccc3ccccc23)=CCC1. The van der Waals surface area contributed by atoms with Gasteiger partial charge in [0, 0.05) is 38.5 Å². The molecule has 0 fully saturated rings. The first kappa shape index (κ1) is 32.1. The second kappa shape index (κ2) is 12.4. The van der Waals surface area contributed by atoms with E-state index in [0.717, 1.165) is 40.8 Å². The molecule has 0 amide bonds. The number of benzene rings is 9. The summed E-state index contributed by atoms with van der Waals surface area (Å²) in [5.74, 6) is 1.87. The van der Waals surface area contributed by atoms with Gasteiger partial charge >= 0.3 is 0 Å². The number of hydrogen-bond acceptors (Lipinski definition) is 2. The lowest BCUT2D eigenvalue weighted by atomic mass is 9.65. The van der Waals surface area contributed by atoms with Crippen molar-refractivity contribution in [2.24, 2.45) is 0 Å². The van der Waals surface area contributed by atoms with Crippen molar-refractivity contribution in [3.05, 3.63) is 228 Å². The third kappa shape index (κ3) is 4.53. The van der Waals surface area contributed by atoms with Crippen LogP contribution in [0.5, 0.6) is 11.5 Å². The van der Waals surface area contributed by atoms with Crippen LogP contribution in [0.15, 0.2) is 206 Å². The highest BCUT2D eigenvalue weighted by Crippen LogP contribution is 2.65. The van der Waals surface area contributed by atoms with Crippen molar-refractivity contribution in [2.45, 2.75) is 18.3 Å². The predicted octanol–water partition coefficient (Wildman–Crippen LogP) is 14.7. The molecular formula is C55H37NO. The zero-order valence-electron chi connectivity index (χ0n) is 31.3. The van der Waals surface area contributed by atoms with Crippen molar-refractivity contribution >= 4 is 43.7 Å². The molecule has 12 rings (SSSR count). The lowest BCUT2D eigenvalue weighted by Gasteiger charge is -2.40. The quantitative estimate of drug-likeness (QED) is 0.179. The van der Waals surface area contributed by atoms with Gasteiger partial charge in [-0.2, -0.15) is 0 Å². The summed E-state index contributed by atoms with van der Waals surface area (Å²) in [6.45, 7) is 0. The average Bonchev–Trinajstić information content (AvgIpc) is 3.58. The van der Waals surface area contributed by atoms with Crippen LogP contribution in [0.3, 0.4) is 0 Å². The maximum atomic E-state index is 7.22. The highest BCUT2D eigenvalue weighted by atomic mass is 16.5. The Morgan fingerprint density at radius 3 is 1.67 bits per heavy atom. The first-order valence-corrected chi connectivity index (χ1v) is 20.0. The Morgan fingerprint density at radius 2 is 0.947 bits per heavy atom. The number of anilines is 2. The molecule has 57 heavy (non-hydrogen) atoms. The van der Waals surface area contributed by atoms with Crippen molar-refractivity contribution in [1.82, 2.24) is 0 Å². The highest BCUT2D eigenvalue weighted by molar-refractivity contribution is 6.05. The van der Waals surface area contributed by atoms with E-state index >= 15 is 0 Å². The fraction of sp³-hybridized carbons (Fsp3) is 0.0545. The van der Waals surface area contributed by atoms with Crippen LogP contribution in [0.2, 0.25) is 0 Å². The predicted molar refractivity (Wildman–Crippen MR) is 237 cm³/mol. The zero-order chi connectivity index (χ0) is 37.5. The van der Waals surface area contributed by atoms with Crippen molar-refractivity contribution in [3.8, 4) is 33.8 Å². The molecule has 0 saturated heterocycles. The van der Waals surface area contributed by atoms with Crippen LogP contribution >= 0.6 is 0 Å². The summed E-state index contributed by atoms with van der Waals surface area (Å²) in [4.78, 5) is 2.49. The summed E-state index contributed by atoms with van der Waals surface area (Å²) in [5, 5.41) is 7.05. The minimum absolute atomic E-state index is 0.613. The third-order valence-electron chi connectivity index (χ3n) is 12.5. The molecule has 9 aromatic rings. The Kier molecular flexibility index (Phi) is 7.00. The van der Waals surface area contributed by atoms with Gasteiger partial charge in [-0.15, -0.1) is 0 Å². The fourth-order valence-electron chi connectivity index (χ4n) is 10.1. The number of fused-ring (bicyclic) bond motifs is 14. The van der Waals surface area contributed by atoms with Crippen LogP contribution in [0.1, 0.15) is 35.1 Å². The fourth-order valence-corrected chi connectivity index (χ4v) is 10.1. The van der Waals surface area contributed by atoms with Crippen molar-refractivity contribution < 1.29 is 4.74 Å². The van der Waals surface area contributed by atoms with Crippen molar-refractivity contribution in [2.75, 3.05) is 4.90 Å². The normalized spacial score (nSPS) is 14.5. The van der Waals surface area contributed by atoms with Gasteiger partial charge in [0.2, 0.25) is 0 Å². The summed E-state index contributed by atoms with van der Waals surface area (Å²) in [5.41, 5.74) is 12.8. The van der Waals surface area contributed by atoms with E-state index in [1.165, 1.54) is 77.4 Å². The van der Waals surface area contributed by atoms with Crippen LogP contribution in [-0.2, 0) is 5.41 Å². The highest BCUT2D eigenvalue weighted by Gasteiger charge is 2.52. The van der Waals surface area contributed by atoms with Crippen LogP contribution in [0.4, 0.5) is 11.4 Å². The summed E-state index contributed by atoms with van der Waals surface area (Å²) in [7, 11) is 0. The number of ether oxygens (including phenoxy) is 1. The molecule has 2 nitrogen and oxygen atoms in total. The second-order valence-electron chi connectivity index (χ2n) is 15.4. The summed E-state index contributed by atoms with van der Waals surface area (Å²) >= 11 is 0. The molecule has 268 valence electrons. The van der Waals surface area contributed by atoms with E-state index < -0.39 is 5.41 Å². The summed E-state index contributed by atoms with van der Waals surface area (Å²) in [6, 6.07) is 67.0. The molecule has 0 aromatic heterocycles. The van der Waals surface area contributed by atoms with E-state index in [0.29, 0.717) is 0 Å². The van der Waals surface area contributed by atoms with Crippen molar-refractivity contribution in [1.29, 1.82) is 0 Å². The molecule has 0 N–H and O–H groups in total. The van der Waals surface area contributed by atoms with Gasteiger partial charge in [0.1, 0.15) is 11.5 Å². The molecule has 1 spiro atoms. The Labute approximate surface area is 332 Å². The second-order valence-corrected chi connectivity index (χ2v) is 15.4. The van der Waals surface area contributed by atoms with Gasteiger partial charge in [0.05, 0.1) is 16.8 Å². The van der Waals surface area contributed by atoms with Crippen LogP contribution in [0, 0.1) is 0 Å². The van der Waals surface area contributed by atoms with E-state index in [1.807, 2.05) is 0 Å². The van der Waals surface area contributed by atoms with Crippen LogP contribution in [0.25, 0.3) is 54.6 Å². The van der Waals surface area contributed by atoms with Gasteiger partial charge in [-0.05, 0) is 75.0 Å². The van der Waals surface area contributed by atoms with Crippen LogP contribution in [-0.4, -0.2) is 0 Å². The van der Waals surface area contributed by atoms with Crippen molar-refractivity contribution in [3.63, 3.8) is 0 Å². The molecule has 0 atom stereocenters.